The van der Waals surface area contributed by atoms with Crippen LogP contribution in [0.4, 0.5) is 5.69 Å². The maximum Gasteiger partial charge on any atom is 0.300 e. The fourth-order valence-electron chi connectivity index (χ4n) is 2.52. The van der Waals surface area contributed by atoms with Crippen LogP contribution in [0.15, 0.2) is 60.0 Å². The molecule has 0 atom stereocenters. The minimum Gasteiger partial charge on any atom is -0.481 e. The average molecular weight is 423 g/mol. The zero-order chi connectivity index (χ0) is 21.9. The predicted octanol–water partition coefficient (Wildman–Crippen LogP) is 5.71. The molecule has 3 rings (SSSR count). The zero-order valence-electron chi connectivity index (χ0n) is 17.3. The van der Waals surface area contributed by atoms with Crippen molar-refractivity contribution in [1.29, 1.82) is 0 Å². The maximum atomic E-state index is 12.2. The van der Waals surface area contributed by atoms with Crippen molar-refractivity contribution in [2.45, 2.75) is 33.1 Å². The summed E-state index contributed by atoms with van der Waals surface area (Å²) in [5, 5.41) is 13.5. The van der Waals surface area contributed by atoms with Gasteiger partial charge in [-0.1, -0.05) is 62.4 Å². The monoisotopic (exact) mass is 422 g/mol. The van der Waals surface area contributed by atoms with Gasteiger partial charge in [-0.15, -0.1) is 11.3 Å². The first-order chi connectivity index (χ1) is 14.3. The Morgan fingerprint density at radius 3 is 2.43 bits per heavy atom. The van der Waals surface area contributed by atoms with E-state index in [0.717, 1.165) is 34.4 Å². The third kappa shape index (κ3) is 8.41. The lowest BCUT2D eigenvalue weighted by atomic mass is 10.1. The molecule has 0 unspecified atom stereocenters. The molecule has 0 saturated heterocycles. The van der Waals surface area contributed by atoms with Crippen molar-refractivity contribution in [2.24, 2.45) is 0 Å². The molecule has 1 amide bonds. The zero-order valence-corrected chi connectivity index (χ0v) is 18.1. The van der Waals surface area contributed by atoms with Crippen LogP contribution in [0.1, 0.15) is 48.5 Å². The Kier molecular flexibility index (Phi) is 8.97. The summed E-state index contributed by atoms with van der Waals surface area (Å²) in [7, 11) is 0. The van der Waals surface area contributed by atoms with E-state index >= 15 is 0 Å². The molecule has 2 N–H and O–H groups in total. The molecule has 1 aromatic heterocycles. The highest BCUT2D eigenvalue weighted by Crippen LogP contribution is 2.20. The van der Waals surface area contributed by atoms with Gasteiger partial charge in [0.05, 0.1) is 12.1 Å². The van der Waals surface area contributed by atoms with Crippen molar-refractivity contribution < 1.29 is 14.7 Å². The van der Waals surface area contributed by atoms with Crippen LogP contribution in [0.5, 0.6) is 0 Å². The summed E-state index contributed by atoms with van der Waals surface area (Å²) in [5.74, 6) is -0.407. The van der Waals surface area contributed by atoms with Gasteiger partial charge in [0.1, 0.15) is 5.01 Å². The van der Waals surface area contributed by atoms with Crippen LogP contribution in [0.2, 0.25) is 0 Å². The second-order valence-corrected chi connectivity index (χ2v) is 7.84. The van der Waals surface area contributed by atoms with E-state index in [2.05, 4.69) is 29.5 Å². The number of aliphatic carboxylic acids is 1. The number of thiazole rings is 1. The molecule has 1 heterocycles. The van der Waals surface area contributed by atoms with Gasteiger partial charge in [0.2, 0.25) is 5.91 Å². The highest BCUT2D eigenvalue weighted by atomic mass is 32.1. The van der Waals surface area contributed by atoms with Crippen LogP contribution in [0, 0.1) is 0 Å². The topological polar surface area (TPSA) is 79.3 Å². The highest BCUT2D eigenvalue weighted by Gasteiger charge is 2.05. The predicted molar refractivity (Wildman–Crippen MR) is 124 cm³/mol. The summed E-state index contributed by atoms with van der Waals surface area (Å²) >= 11 is 1.65. The Balaban J connectivity index is 0.000000735. The number of nitrogens with one attached hydrogen (secondary N) is 1. The number of anilines is 1. The second-order valence-electron chi connectivity index (χ2n) is 6.95. The smallest absolute Gasteiger partial charge is 0.300 e. The molecule has 0 aliphatic rings. The summed E-state index contributed by atoms with van der Waals surface area (Å²) in [6, 6.07) is 17.6. The van der Waals surface area contributed by atoms with Gasteiger partial charge < -0.3 is 10.4 Å². The van der Waals surface area contributed by atoms with E-state index in [1.165, 1.54) is 0 Å². The van der Waals surface area contributed by atoms with Crippen LogP contribution in [-0.4, -0.2) is 22.0 Å². The van der Waals surface area contributed by atoms with E-state index in [-0.39, 0.29) is 5.91 Å². The van der Waals surface area contributed by atoms with Crippen LogP contribution < -0.4 is 5.32 Å². The quantitative estimate of drug-likeness (QED) is 0.533. The maximum absolute atomic E-state index is 12.2. The molecule has 0 aliphatic carbocycles. The molecule has 0 radical (unpaired) electrons. The van der Waals surface area contributed by atoms with E-state index in [4.69, 9.17) is 9.90 Å². The average Bonchev–Trinajstić information content (AvgIpc) is 3.16. The molecule has 5 nitrogen and oxygen atoms in total. The van der Waals surface area contributed by atoms with Crippen molar-refractivity contribution in [1.82, 2.24) is 4.98 Å². The molecule has 6 heteroatoms. The van der Waals surface area contributed by atoms with Gasteiger partial charge in [0, 0.05) is 18.0 Å². The number of aromatic nitrogens is 1. The molecule has 2 aromatic carbocycles. The number of benzene rings is 2. The first-order valence-electron chi connectivity index (χ1n) is 9.60. The third-order valence-electron chi connectivity index (χ3n) is 3.93. The number of rotatable bonds is 6. The first-order valence-corrected chi connectivity index (χ1v) is 10.5. The lowest BCUT2D eigenvalue weighted by Crippen LogP contribution is -2.14. The van der Waals surface area contributed by atoms with E-state index in [1.807, 2.05) is 66.7 Å². The molecule has 3 aromatic rings. The normalized spacial score (nSPS) is 10.5. The second kappa shape index (κ2) is 11.7. The van der Waals surface area contributed by atoms with Gasteiger partial charge in [-0.2, -0.15) is 0 Å². The summed E-state index contributed by atoms with van der Waals surface area (Å²) < 4.78 is 0. The number of amides is 1. The Hall–Kier alpha value is -3.25. The molecule has 0 saturated carbocycles. The molecular formula is C24H26N2O3S. The summed E-state index contributed by atoms with van der Waals surface area (Å²) in [4.78, 5) is 25.8. The number of carboxylic acids is 1. The Morgan fingerprint density at radius 2 is 1.80 bits per heavy atom. The number of carbonyl (C=O) groups excluding carboxylic acids is 1. The van der Waals surface area contributed by atoms with Gasteiger partial charge in [0.25, 0.3) is 5.97 Å². The number of nitrogens with zero attached hydrogens (tertiary/aromatic N) is 1. The first kappa shape index (κ1) is 23.0. The molecule has 0 fully saturated rings. The molecule has 156 valence electrons. The van der Waals surface area contributed by atoms with Crippen molar-refractivity contribution in [2.75, 3.05) is 5.32 Å². The third-order valence-corrected chi connectivity index (χ3v) is 4.76. The SMILES string of the molecule is CC(=O)O.CC(C)c1csc(C=Cc2cccc(NC(=O)Cc3ccccc3)c2)n1. The Bertz CT molecular complexity index is 990. The standard InChI is InChI=1S/C22H22N2OS.C2H4O2/c1-16(2)20-15-26-22(24-20)12-11-18-9-6-10-19(13-18)23-21(25)14-17-7-4-3-5-8-17;1-2(3)4/h3-13,15-16H,14H2,1-2H3,(H,23,25);1H3,(H,3,4). The highest BCUT2D eigenvalue weighted by molar-refractivity contribution is 7.10. The van der Waals surface area contributed by atoms with Crippen molar-refractivity contribution >= 4 is 41.1 Å². The summed E-state index contributed by atoms with van der Waals surface area (Å²) in [6.07, 6.45) is 4.41. The summed E-state index contributed by atoms with van der Waals surface area (Å²) in [5.41, 5.74) is 3.96. The number of carbonyl (C=O) groups is 2. The largest absolute Gasteiger partial charge is 0.481 e. The summed E-state index contributed by atoms with van der Waals surface area (Å²) in [6.45, 7) is 5.37. The fraction of sp³-hybridized carbons (Fsp3) is 0.208. The molecular weight excluding hydrogens is 396 g/mol. The van der Waals surface area contributed by atoms with Gasteiger partial charge in [-0.3, -0.25) is 9.59 Å². The van der Waals surface area contributed by atoms with E-state index in [1.54, 1.807) is 11.3 Å². The number of carboxylic acid groups (broad SMARTS) is 1. The van der Waals surface area contributed by atoms with Crippen LogP contribution in [0.25, 0.3) is 12.2 Å². The van der Waals surface area contributed by atoms with E-state index in [9.17, 15) is 4.79 Å². The molecule has 0 aliphatic heterocycles. The molecule has 0 spiro atoms. The van der Waals surface area contributed by atoms with Crippen LogP contribution >= 0.6 is 11.3 Å². The lowest BCUT2D eigenvalue weighted by molar-refractivity contribution is -0.134. The van der Waals surface area contributed by atoms with Crippen molar-refractivity contribution in [3.8, 4) is 0 Å². The van der Waals surface area contributed by atoms with Gasteiger partial charge >= 0.3 is 0 Å². The van der Waals surface area contributed by atoms with E-state index < -0.39 is 5.97 Å². The molecule has 0 bridgehead atoms. The molecule has 30 heavy (non-hydrogen) atoms. The Labute approximate surface area is 181 Å². The number of hydrogen-bond acceptors (Lipinski definition) is 4. The van der Waals surface area contributed by atoms with Gasteiger partial charge in [0.15, 0.2) is 0 Å². The van der Waals surface area contributed by atoms with Crippen LogP contribution in [-0.2, 0) is 16.0 Å². The van der Waals surface area contributed by atoms with Gasteiger partial charge in [-0.25, -0.2) is 4.98 Å². The Morgan fingerprint density at radius 1 is 1.10 bits per heavy atom. The van der Waals surface area contributed by atoms with Crippen molar-refractivity contribution in [3.63, 3.8) is 0 Å². The number of hydrogen-bond donors (Lipinski definition) is 2. The van der Waals surface area contributed by atoms with Gasteiger partial charge in [-0.05, 0) is 35.3 Å². The minimum atomic E-state index is -0.833. The van der Waals surface area contributed by atoms with Crippen LogP contribution in [0.3, 0.4) is 0 Å². The van der Waals surface area contributed by atoms with E-state index in [0.29, 0.717) is 12.3 Å². The van der Waals surface area contributed by atoms with Crippen molar-refractivity contribution in [3.05, 3.63) is 81.8 Å². The fourth-order valence-corrected chi connectivity index (χ4v) is 3.39. The lowest BCUT2D eigenvalue weighted by Gasteiger charge is -2.06. The minimum absolute atomic E-state index is 0.0150.